The van der Waals surface area contributed by atoms with Crippen molar-refractivity contribution < 1.29 is 8.78 Å². The molecule has 1 aromatic heterocycles. The summed E-state index contributed by atoms with van der Waals surface area (Å²) < 4.78 is 28.1. The van der Waals surface area contributed by atoms with Crippen LogP contribution < -0.4 is 5.32 Å². The molecule has 1 unspecified atom stereocenters. The Labute approximate surface area is 128 Å². The average Bonchev–Trinajstić information content (AvgIpc) is 2.75. The zero-order valence-corrected chi connectivity index (χ0v) is 13.0. The van der Waals surface area contributed by atoms with Crippen LogP contribution in [0.25, 0.3) is 0 Å². The van der Waals surface area contributed by atoms with E-state index in [1.165, 1.54) is 25.5 Å². The summed E-state index contributed by atoms with van der Waals surface area (Å²) in [5.41, 5.74) is 1.49. The Balaban J connectivity index is 1.90. The van der Waals surface area contributed by atoms with Crippen molar-refractivity contribution in [1.82, 2.24) is 0 Å². The lowest BCUT2D eigenvalue weighted by atomic mass is 9.94. The van der Waals surface area contributed by atoms with E-state index in [2.05, 4.69) is 34.0 Å². The molecule has 0 spiro atoms. The highest BCUT2D eigenvalue weighted by Gasteiger charge is 2.23. The Kier molecular flexibility index (Phi) is 3.75. The zero-order chi connectivity index (χ0) is 13.4. The minimum atomic E-state index is -0.417. The average molecular weight is 391 g/mol. The van der Waals surface area contributed by atoms with Gasteiger partial charge in [-0.15, -0.1) is 11.3 Å². The fourth-order valence-corrected chi connectivity index (χ4v) is 4.59. The van der Waals surface area contributed by atoms with Crippen molar-refractivity contribution in [2.24, 2.45) is 0 Å². The highest BCUT2D eigenvalue weighted by atomic mass is 127. The van der Waals surface area contributed by atoms with Crippen LogP contribution in [0.3, 0.4) is 0 Å². The van der Waals surface area contributed by atoms with E-state index in [9.17, 15) is 8.78 Å². The molecule has 0 aliphatic heterocycles. The lowest BCUT2D eigenvalue weighted by Crippen LogP contribution is -2.16. The minimum Gasteiger partial charge on any atom is -0.376 e. The van der Waals surface area contributed by atoms with Crippen molar-refractivity contribution in [3.05, 3.63) is 49.2 Å². The Morgan fingerprint density at radius 2 is 2.11 bits per heavy atom. The number of fused-ring (bicyclic) bond motifs is 1. The normalized spacial score (nSPS) is 18.2. The van der Waals surface area contributed by atoms with Gasteiger partial charge in [0.05, 0.1) is 14.6 Å². The summed E-state index contributed by atoms with van der Waals surface area (Å²) in [5.74, 6) is -0.821. The molecule has 0 radical (unpaired) electrons. The Morgan fingerprint density at radius 1 is 1.26 bits per heavy atom. The van der Waals surface area contributed by atoms with E-state index in [0.29, 0.717) is 0 Å². The molecule has 0 fully saturated rings. The maximum atomic E-state index is 13.7. The molecule has 2 aromatic rings. The third kappa shape index (κ3) is 2.76. The molecule has 100 valence electrons. The first-order chi connectivity index (χ1) is 9.13. The molecule has 3 rings (SSSR count). The molecule has 1 aliphatic carbocycles. The van der Waals surface area contributed by atoms with Gasteiger partial charge in [0.1, 0.15) is 11.6 Å². The van der Waals surface area contributed by atoms with Crippen LogP contribution in [0.2, 0.25) is 0 Å². The maximum Gasteiger partial charge on any atom is 0.146 e. The minimum absolute atomic E-state index is 0.0832. The van der Waals surface area contributed by atoms with E-state index in [1.54, 1.807) is 11.3 Å². The number of hydrogen-bond acceptors (Lipinski definition) is 2. The van der Waals surface area contributed by atoms with E-state index in [4.69, 9.17) is 0 Å². The topological polar surface area (TPSA) is 12.0 Å². The van der Waals surface area contributed by atoms with Crippen LogP contribution in [0.1, 0.15) is 29.3 Å². The fourth-order valence-electron chi connectivity index (χ4n) is 2.47. The lowest BCUT2D eigenvalue weighted by molar-refractivity contribution is 0.582. The first-order valence-corrected chi connectivity index (χ1v) is 8.02. The van der Waals surface area contributed by atoms with Gasteiger partial charge in [0.2, 0.25) is 0 Å². The van der Waals surface area contributed by atoms with Crippen LogP contribution in [0.5, 0.6) is 0 Å². The molecular formula is C14H12F2INS. The summed E-state index contributed by atoms with van der Waals surface area (Å²) in [6.45, 7) is 0. The van der Waals surface area contributed by atoms with Crippen molar-refractivity contribution in [3.63, 3.8) is 0 Å². The number of anilines is 1. The molecule has 0 saturated heterocycles. The summed E-state index contributed by atoms with van der Waals surface area (Å²) in [7, 11) is 0. The largest absolute Gasteiger partial charge is 0.376 e. The lowest BCUT2D eigenvalue weighted by Gasteiger charge is -2.24. The van der Waals surface area contributed by atoms with Crippen LogP contribution in [0, 0.1) is 14.5 Å². The Morgan fingerprint density at radius 3 is 2.95 bits per heavy atom. The van der Waals surface area contributed by atoms with Gasteiger partial charge in [-0.3, -0.25) is 0 Å². The molecule has 1 aromatic carbocycles. The second-order valence-corrected chi connectivity index (χ2v) is 7.67. The van der Waals surface area contributed by atoms with Crippen LogP contribution in [0.4, 0.5) is 14.5 Å². The van der Waals surface area contributed by atoms with Gasteiger partial charge in [0, 0.05) is 4.88 Å². The van der Waals surface area contributed by atoms with Gasteiger partial charge < -0.3 is 5.32 Å². The molecule has 1 heterocycles. The molecule has 0 bridgehead atoms. The molecular weight excluding hydrogens is 379 g/mol. The van der Waals surface area contributed by atoms with E-state index in [-0.39, 0.29) is 11.7 Å². The number of aryl methyl sites for hydroxylation is 1. The van der Waals surface area contributed by atoms with Gasteiger partial charge in [-0.25, -0.2) is 8.78 Å². The fraction of sp³-hybridized carbons (Fsp3) is 0.286. The SMILES string of the molecule is Fc1ccc(F)c(NC2CCCc3sc(I)cc32)c1. The quantitative estimate of drug-likeness (QED) is 0.701. The standard InChI is InChI=1S/C14H12F2INS/c15-8-4-5-10(16)12(6-8)18-11-2-1-3-13-9(11)7-14(17)19-13/h4-7,11,18H,1-3H2. The van der Waals surface area contributed by atoms with Gasteiger partial charge in [0.15, 0.2) is 0 Å². The van der Waals surface area contributed by atoms with Crippen molar-refractivity contribution in [2.45, 2.75) is 25.3 Å². The molecule has 19 heavy (non-hydrogen) atoms. The summed E-state index contributed by atoms with van der Waals surface area (Å²) in [6, 6.07) is 5.76. The predicted octanol–water partition coefficient (Wildman–Crippen LogP) is 5.12. The molecule has 1 aliphatic rings. The van der Waals surface area contributed by atoms with Crippen LogP contribution in [0.15, 0.2) is 24.3 Å². The van der Waals surface area contributed by atoms with Crippen molar-refractivity contribution >= 4 is 39.6 Å². The van der Waals surface area contributed by atoms with Crippen molar-refractivity contribution in [2.75, 3.05) is 5.32 Å². The smallest absolute Gasteiger partial charge is 0.146 e. The number of rotatable bonds is 2. The first kappa shape index (κ1) is 13.3. The second kappa shape index (κ2) is 5.36. The van der Waals surface area contributed by atoms with E-state index in [0.717, 1.165) is 25.3 Å². The van der Waals surface area contributed by atoms with E-state index in [1.807, 2.05) is 0 Å². The predicted molar refractivity (Wildman–Crippen MR) is 82.7 cm³/mol. The number of nitrogens with one attached hydrogen (secondary N) is 1. The van der Waals surface area contributed by atoms with Crippen LogP contribution >= 0.6 is 33.9 Å². The van der Waals surface area contributed by atoms with Crippen LogP contribution in [-0.4, -0.2) is 0 Å². The monoisotopic (exact) mass is 391 g/mol. The van der Waals surface area contributed by atoms with E-state index < -0.39 is 11.6 Å². The summed E-state index contributed by atoms with van der Waals surface area (Å²) in [4.78, 5) is 1.37. The maximum absolute atomic E-state index is 13.7. The van der Waals surface area contributed by atoms with Gasteiger partial charge in [-0.2, -0.15) is 0 Å². The van der Waals surface area contributed by atoms with Crippen LogP contribution in [-0.2, 0) is 6.42 Å². The van der Waals surface area contributed by atoms with Gasteiger partial charge in [-0.05, 0) is 71.7 Å². The van der Waals surface area contributed by atoms with E-state index >= 15 is 0 Å². The first-order valence-electron chi connectivity index (χ1n) is 6.13. The molecule has 1 N–H and O–H groups in total. The third-order valence-corrected chi connectivity index (χ3v) is 5.31. The number of hydrogen-bond donors (Lipinski definition) is 1. The Hall–Kier alpha value is -0.690. The molecule has 1 nitrogen and oxygen atoms in total. The second-order valence-electron chi connectivity index (χ2n) is 4.64. The summed E-state index contributed by atoms with van der Waals surface area (Å²) in [5, 5.41) is 3.15. The number of halogens is 3. The molecule has 0 amide bonds. The van der Waals surface area contributed by atoms with Gasteiger partial charge >= 0.3 is 0 Å². The number of benzene rings is 1. The molecule has 0 saturated carbocycles. The molecule has 1 atom stereocenters. The summed E-state index contributed by atoms with van der Waals surface area (Å²) in [6.07, 6.45) is 3.13. The van der Waals surface area contributed by atoms with Crippen molar-refractivity contribution in [3.8, 4) is 0 Å². The van der Waals surface area contributed by atoms with Gasteiger partial charge in [0.25, 0.3) is 0 Å². The Bertz CT molecular complexity index is 611. The number of thiophene rings is 1. The van der Waals surface area contributed by atoms with Crippen molar-refractivity contribution in [1.29, 1.82) is 0 Å². The van der Waals surface area contributed by atoms with Gasteiger partial charge in [-0.1, -0.05) is 0 Å². The molecule has 5 heteroatoms. The highest BCUT2D eigenvalue weighted by molar-refractivity contribution is 14.1. The zero-order valence-electron chi connectivity index (χ0n) is 10.1. The highest BCUT2D eigenvalue weighted by Crippen LogP contribution is 2.38. The summed E-state index contributed by atoms with van der Waals surface area (Å²) >= 11 is 4.10. The third-order valence-electron chi connectivity index (χ3n) is 3.34.